The Labute approximate surface area is 158 Å². The maximum Gasteiger partial charge on any atom is 0.271 e. The highest BCUT2D eigenvalue weighted by Gasteiger charge is 2.20. The zero-order valence-corrected chi connectivity index (χ0v) is 15.5. The lowest BCUT2D eigenvalue weighted by molar-refractivity contribution is -0.384. The molecular formula is C17H15ClN4O3S. The van der Waals surface area contributed by atoms with Crippen LogP contribution in [-0.4, -0.2) is 25.6 Å². The van der Waals surface area contributed by atoms with Gasteiger partial charge >= 0.3 is 0 Å². The first-order valence-electron chi connectivity index (χ1n) is 7.69. The van der Waals surface area contributed by atoms with E-state index in [0.717, 1.165) is 16.2 Å². The van der Waals surface area contributed by atoms with E-state index in [2.05, 4.69) is 10.3 Å². The number of fused-ring (bicyclic) bond motifs is 1. The Morgan fingerprint density at radius 3 is 2.73 bits per heavy atom. The Hall–Kier alpha value is -2.58. The molecular weight excluding hydrogens is 376 g/mol. The highest BCUT2D eigenvalue weighted by molar-refractivity contribution is 8.00. The van der Waals surface area contributed by atoms with Crippen molar-refractivity contribution in [1.29, 1.82) is 0 Å². The molecule has 26 heavy (non-hydrogen) atoms. The number of carbonyl (C=O) groups excluding carboxylic acids is 1. The molecule has 3 rings (SSSR count). The smallest absolute Gasteiger partial charge is 0.271 e. The van der Waals surface area contributed by atoms with Crippen LogP contribution in [-0.2, 0) is 11.8 Å². The maximum atomic E-state index is 12.5. The summed E-state index contributed by atoms with van der Waals surface area (Å²) in [5.41, 5.74) is 2.05. The Balaban J connectivity index is 1.73. The van der Waals surface area contributed by atoms with Crippen LogP contribution in [0.15, 0.2) is 47.6 Å². The average molecular weight is 391 g/mol. The first-order chi connectivity index (χ1) is 12.4. The van der Waals surface area contributed by atoms with Crippen molar-refractivity contribution >= 4 is 51.7 Å². The molecule has 1 heterocycles. The predicted molar refractivity (Wildman–Crippen MR) is 103 cm³/mol. The molecule has 0 aliphatic carbocycles. The zero-order chi connectivity index (χ0) is 18.8. The fraction of sp³-hybridized carbons (Fsp3) is 0.176. The van der Waals surface area contributed by atoms with Gasteiger partial charge < -0.3 is 9.88 Å². The molecule has 0 saturated carbocycles. The third kappa shape index (κ3) is 3.66. The molecule has 0 aliphatic rings. The van der Waals surface area contributed by atoms with E-state index in [1.807, 2.05) is 35.9 Å². The van der Waals surface area contributed by atoms with Gasteiger partial charge in [-0.15, -0.1) is 0 Å². The van der Waals surface area contributed by atoms with Crippen molar-refractivity contribution in [3.63, 3.8) is 0 Å². The summed E-state index contributed by atoms with van der Waals surface area (Å²) in [7, 11) is 1.90. The van der Waals surface area contributed by atoms with Crippen molar-refractivity contribution in [2.24, 2.45) is 7.05 Å². The summed E-state index contributed by atoms with van der Waals surface area (Å²) in [6, 6.07) is 11.7. The Bertz CT molecular complexity index is 1000. The minimum atomic E-state index is -0.540. The average Bonchev–Trinajstić information content (AvgIpc) is 2.92. The second kappa shape index (κ2) is 7.35. The number of thioether (sulfide) groups is 1. The topological polar surface area (TPSA) is 90.1 Å². The van der Waals surface area contributed by atoms with Crippen LogP contribution < -0.4 is 5.32 Å². The minimum Gasteiger partial charge on any atom is -0.324 e. The van der Waals surface area contributed by atoms with Crippen molar-refractivity contribution in [3.05, 3.63) is 57.6 Å². The molecule has 1 amide bonds. The summed E-state index contributed by atoms with van der Waals surface area (Å²) in [6.45, 7) is 1.76. The number of imidazole rings is 1. The second-order valence-corrected chi connectivity index (χ2v) is 7.33. The molecule has 9 heteroatoms. The number of benzene rings is 2. The van der Waals surface area contributed by atoms with Gasteiger partial charge in [-0.25, -0.2) is 4.98 Å². The van der Waals surface area contributed by atoms with E-state index in [0.29, 0.717) is 5.69 Å². The molecule has 0 spiro atoms. The first-order valence-corrected chi connectivity index (χ1v) is 8.95. The Morgan fingerprint density at radius 1 is 1.35 bits per heavy atom. The highest BCUT2D eigenvalue weighted by atomic mass is 35.5. The molecule has 0 fully saturated rings. The molecule has 0 aliphatic heterocycles. The molecule has 1 unspecified atom stereocenters. The van der Waals surface area contributed by atoms with Crippen LogP contribution in [0, 0.1) is 10.1 Å². The Kier molecular flexibility index (Phi) is 5.15. The SMILES string of the molecule is CC(Sc1nc2ccccc2n1C)C(=O)Nc1ccc([N+](=O)[O-])cc1Cl. The van der Waals surface area contributed by atoms with Crippen LogP contribution >= 0.6 is 23.4 Å². The summed E-state index contributed by atoms with van der Waals surface area (Å²) in [5.74, 6) is -0.266. The number of nitro benzene ring substituents is 1. The third-order valence-corrected chi connectivity index (χ3v) is 5.28. The van der Waals surface area contributed by atoms with E-state index in [-0.39, 0.29) is 16.6 Å². The number of nitrogens with one attached hydrogen (secondary N) is 1. The number of aryl methyl sites for hydroxylation is 1. The van der Waals surface area contributed by atoms with E-state index in [1.165, 1.54) is 30.0 Å². The van der Waals surface area contributed by atoms with Crippen LogP contribution in [0.2, 0.25) is 5.02 Å². The molecule has 1 N–H and O–H groups in total. The summed E-state index contributed by atoms with van der Waals surface area (Å²) < 4.78 is 1.93. The van der Waals surface area contributed by atoms with Crippen molar-refractivity contribution in [2.75, 3.05) is 5.32 Å². The number of anilines is 1. The van der Waals surface area contributed by atoms with Gasteiger partial charge in [0.05, 0.1) is 31.9 Å². The molecule has 0 bridgehead atoms. The summed E-state index contributed by atoms with van der Waals surface area (Å²) in [5, 5.41) is 13.9. The van der Waals surface area contributed by atoms with Crippen molar-refractivity contribution in [1.82, 2.24) is 9.55 Å². The fourth-order valence-corrected chi connectivity index (χ4v) is 3.51. The van der Waals surface area contributed by atoms with Crippen LogP contribution in [0.1, 0.15) is 6.92 Å². The van der Waals surface area contributed by atoms with Crippen molar-refractivity contribution in [3.8, 4) is 0 Å². The molecule has 1 aromatic heterocycles. The van der Waals surface area contributed by atoms with Gasteiger partial charge in [0.25, 0.3) is 5.69 Å². The second-order valence-electron chi connectivity index (χ2n) is 5.61. The van der Waals surface area contributed by atoms with E-state index in [1.54, 1.807) is 6.92 Å². The number of non-ortho nitro benzene ring substituents is 1. The summed E-state index contributed by atoms with van der Waals surface area (Å²) in [6.07, 6.45) is 0. The lowest BCUT2D eigenvalue weighted by Gasteiger charge is -2.12. The van der Waals surface area contributed by atoms with Gasteiger partial charge in [0.15, 0.2) is 5.16 Å². The molecule has 134 valence electrons. The molecule has 3 aromatic rings. The van der Waals surface area contributed by atoms with Gasteiger partial charge in [-0.3, -0.25) is 14.9 Å². The first kappa shape index (κ1) is 18.2. The summed E-state index contributed by atoms with van der Waals surface area (Å²) in [4.78, 5) is 27.2. The number of hydrogen-bond donors (Lipinski definition) is 1. The molecule has 0 radical (unpaired) electrons. The van der Waals surface area contributed by atoms with Crippen LogP contribution in [0.25, 0.3) is 11.0 Å². The predicted octanol–water partition coefficient (Wildman–Crippen LogP) is 4.25. The quantitative estimate of drug-likeness (QED) is 0.399. The van der Waals surface area contributed by atoms with Crippen LogP contribution in [0.5, 0.6) is 0 Å². The van der Waals surface area contributed by atoms with E-state index < -0.39 is 10.2 Å². The van der Waals surface area contributed by atoms with Crippen LogP contribution in [0.4, 0.5) is 11.4 Å². The molecule has 1 atom stereocenters. The van der Waals surface area contributed by atoms with Crippen LogP contribution in [0.3, 0.4) is 0 Å². The standard InChI is InChI=1S/C17H15ClN4O3S/c1-10(26-17-20-14-5-3-4-6-15(14)21(17)2)16(23)19-13-8-7-11(22(24)25)9-12(13)18/h3-10H,1-2H3,(H,19,23). The Morgan fingerprint density at radius 2 is 2.08 bits per heavy atom. The number of nitro groups is 1. The van der Waals surface area contributed by atoms with Gasteiger partial charge in [-0.05, 0) is 25.1 Å². The number of amides is 1. The number of nitrogens with zero attached hydrogens (tertiary/aromatic N) is 3. The van der Waals surface area contributed by atoms with Gasteiger partial charge in [-0.2, -0.15) is 0 Å². The van der Waals surface area contributed by atoms with E-state index in [9.17, 15) is 14.9 Å². The number of aromatic nitrogens is 2. The lowest BCUT2D eigenvalue weighted by atomic mass is 10.2. The molecule has 7 nitrogen and oxygen atoms in total. The maximum absolute atomic E-state index is 12.5. The minimum absolute atomic E-state index is 0.118. The number of para-hydroxylation sites is 2. The van der Waals surface area contributed by atoms with Crippen molar-refractivity contribution < 1.29 is 9.72 Å². The number of halogens is 1. The van der Waals surface area contributed by atoms with Crippen molar-refractivity contribution in [2.45, 2.75) is 17.3 Å². The number of hydrogen-bond acceptors (Lipinski definition) is 5. The van der Waals surface area contributed by atoms with Gasteiger partial charge in [-0.1, -0.05) is 35.5 Å². The highest BCUT2D eigenvalue weighted by Crippen LogP contribution is 2.29. The monoisotopic (exact) mass is 390 g/mol. The number of carbonyl (C=O) groups is 1. The van der Waals surface area contributed by atoms with Gasteiger partial charge in [0.2, 0.25) is 5.91 Å². The lowest BCUT2D eigenvalue weighted by Crippen LogP contribution is -2.23. The van der Waals surface area contributed by atoms with Gasteiger partial charge in [0, 0.05) is 19.2 Å². The van der Waals surface area contributed by atoms with E-state index >= 15 is 0 Å². The van der Waals surface area contributed by atoms with Gasteiger partial charge in [0.1, 0.15) is 0 Å². The summed E-state index contributed by atoms with van der Waals surface area (Å²) >= 11 is 7.34. The zero-order valence-electron chi connectivity index (χ0n) is 14.0. The normalized spacial score (nSPS) is 12.1. The third-order valence-electron chi connectivity index (χ3n) is 3.82. The molecule has 2 aromatic carbocycles. The fourth-order valence-electron chi connectivity index (χ4n) is 2.39. The van der Waals surface area contributed by atoms with E-state index in [4.69, 9.17) is 11.6 Å². The largest absolute Gasteiger partial charge is 0.324 e. The number of rotatable bonds is 5. The molecule has 0 saturated heterocycles.